The molecule has 1 heterocycles. The molecular weight excluding hydrogens is 204 g/mol. The van der Waals surface area contributed by atoms with Crippen LogP contribution in [0, 0.1) is 11.8 Å². The van der Waals surface area contributed by atoms with Crippen LogP contribution in [0.3, 0.4) is 0 Å². The van der Waals surface area contributed by atoms with Gasteiger partial charge in [-0.25, -0.2) is 0 Å². The van der Waals surface area contributed by atoms with E-state index in [9.17, 15) is 9.59 Å². The van der Waals surface area contributed by atoms with Crippen molar-refractivity contribution in [1.82, 2.24) is 4.90 Å². The molecule has 2 N–H and O–H groups in total. The van der Waals surface area contributed by atoms with Crippen LogP contribution in [0.5, 0.6) is 0 Å². The standard InChI is InChI=1S/C11H19NO2.CH5N/c1-8(2)9(3)11(14)12-6-4-5-10(12)7-13;1-2/h7-10H,4-6H2,1-3H3;2H2,1H3. The highest BCUT2D eigenvalue weighted by Crippen LogP contribution is 2.21. The quantitative estimate of drug-likeness (QED) is 0.734. The van der Waals surface area contributed by atoms with Crippen molar-refractivity contribution in [2.75, 3.05) is 13.6 Å². The van der Waals surface area contributed by atoms with Crippen molar-refractivity contribution in [3.05, 3.63) is 0 Å². The molecule has 0 bridgehead atoms. The van der Waals surface area contributed by atoms with E-state index < -0.39 is 0 Å². The van der Waals surface area contributed by atoms with Crippen LogP contribution < -0.4 is 5.73 Å². The molecule has 0 aliphatic carbocycles. The van der Waals surface area contributed by atoms with E-state index in [0.717, 1.165) is 25.7 Å². The third-order valence-electron chi connectivity index (χ3n) is 3.13. The minimum Gasteiger partial charge on any atom is -0.333 e. The lowest BCUT2D eigenvalue weighted by Crippen LogP contribution is -2.40. The zero-order valence-electron chi connectivity index (χ0n) is 10.8. The predicted octanol–water partition coefficient (Wildman–Crippen LogP) is 1.04. The first-order valence-corrected chi connectivity index (χ1v) is 5.91. The molecule has 0 radical (unpaired) electrons. The molecule has 1 amide bonds. The van der Waals surface area contributed by atoms with Crippen molar-refractivity contribution in [2.45, 2.75) is 39.7 Å². The van der Waals surface area contributed by atoms with E-state index in [2.05, 4.69) is 5.73 Å². The number of nitrogens with two attached hydrogens (primary N) is 1. The summed E-state index contributed by atoms with van der Waals surface area (Å²) >= 11 is 0. The molecule has 1 aliphatic rings. The van der Waals surface area contributed by atoms with Gasteiger partial charge in [-0.05, 0) is 25.8 Å². The van der Waals surface area contributed by atoms with E-state index in [1.165, 1.54) is 7.05 Å². The SMILES string of the molecule is CC(C)C(C)C(=O)N1CCCC1C=O.CN. The van der Waals surface area contributed by atoms with Crippen LogP contribution >= 0.6 is 0 Å². The number of nitrogens with zero attached hydrogens (tertiary/aromatic N) is 1. The molecule has 1 saturated heterocycles. The summed E-state index contributed by atoms with van der Waals surface area (Å²) in [5, 5.41) is 0. The van der Waals surface area contributed by atoms with Crippen LogP contribution in [0.25, 0.3) is 0 Å². The average molecular weight is 228 g/mol. The molecule has 1 fully saturated rings. The van der Waals surface area contributed by atoms with Crippen molar-refractivity contribution >= 4 is 12.2 Å². The van der Waals surface area contributed by atoms with Crippen LogP contribution in [0.2, 0.25) is 0 Å². The Morgan fingerprint density at radius 1 is 1.38 bits per heavy atom. The van der Waals surface area contributed by atoms with Crippen molar-refractivity contribution in [2.24, 2.45) is 17.6 Å². The summed E-state index contributed by atoms with van der Waals surface area (Å²) in [6.45, 7) is 6.76. The molecule has 0 aromatic rings. The molecule has 2 atom stereocenters. The van der Waals surface area contributed by atoms with Gasteiger partial charge in [-0.3, -0.25) is 4.79 Å². The second-order valence-electron chi connectivity index (χ2n) is 4.41. The van der Waals surface area contributed by atoms with E-state index in [-0.39, 0.29) is 17.9 Å². The normalized spacial score (nSPS) is 21.4. The lowest BCUT2D eigenvalue weighted by Gasteiger charge is -2.25. The van der Waals surface area contributed by atoms with Gasteiger partial charge in [-0.2, -0.15) is 0 Å². The number of carbonyl (C=O) groups excluding carboxylic acids is 2. The van der Waals surface area contributed by atoms with Gasteiger partial charge >= 0.3 is 0 Å². The molecule has 4 heteroatoms. The van der Waals surface area contributed by atoms with Crippen molar-refractivity contribution < 1.29 is 9.59 Å². The summed E-state index contributed by atoms with van der Waals surface area (Å²) in [6.07, 6.45) is 2.69. The number of likely N-dealkylation sites (tertiary alicyclic amines) is 1. The summed E-state index contributed by atoms with van der Waals surface area (Å²) in [5.41, 5.74) is 4.50. The van der Waals surface area contributed by atoms with Gasteiger partial charge in [-0.15, -0.1) is 0 Å². The van der Waals surface area contributed by atoms with Gasteiger partial charge < -0.3 is 15.4 Å². The predicted molar refractivity (Wildman–Crippen MR) is 64.9 cm³/mol. The number of amides is 1. The fourth-order valence-corrected chi connectivity index (χ4v) is 1.75. The van der Waals surface area contributed by atoms with Gasteiger partial charge in [0.2, 0.25) is 5.91 Å². The molecular formula is C12H24N2O2. The third-order valence-corrected chi connectivity index (χ3v) is 3.13. The maximum Gasteiger partial charge on any atom is 0.226 e. The maximum absolute atomic E-state index is 11.9. The fourth-order valence-electron chi connectivity index (χ4n) is 1.75. The van der Waals surface area contributed by atoms with Crippen molar-refractivity contribution in [1.29, 1.82) is 0 Å². The number of hydrogen-bond donors (Lipinski definition) is 1. The van der Waals surface area contributed by atoms with Gasteiger partial charge in [0.1, 0.15) is 6.29 Å². The second kappa shape index (κ2) is 7.39. The molecule has 16 heavy (non-hydrogen) atoms. The van der Waals surface area contributed by atoms with Crippen LogP contribution in [0.15, 0.2) is 0 Å². The summed E-state index contributed by atoms with van der Waals surface area (Å²) in [6, 6.07) is -0.163. The number of rotatable bonds is 3. The first-order valence-electron chi connectivity index (χ1n) is 5.91. The Bertz CT molecular complexity index is 229. The zero-order chi connectivity index (χ0) is 12.7. The average Bonchev–Trinajstić information content (AvgIpc) is 2.77. The van der Waals surface area contributed by atoms with Gasteiger partial charge in [0.25, 0.3) is 0 Å². The molecule has 4 nitrogen and oxygen atoms in total. The summed E-state index contributed by atoms with van der Waals surface area (Å²) in [7, 11) is 1.50. The van der Waals surface area contributed by atoms with Crippen LogP contribution in [0.1, 0.15) is 33.6 Å². The van der Waals surface area contributed by atoms with Crippen LogP contribution in [-0.4, -0.2) is 36.7 Å². The summed E-state index contributed by atoms with van der Waals surface area (Å²) < 4.78 is 0. The minimum atomic E-state index is -0.163. The Labute approximate surface area is 98.2 Å². The van der Waals surface area contributed by atoms with E-state index in [1.807, 2.05) is 20.8 Å². The molecule has 0 saturated carbocycles. The van der Waals surface area contributed by atoms with Gasteiger partial charge in [0, 0.05) is 12.5 Å². The number of aldehydes is 1. The van der Waals surface area contributed by atoms with Crippen molar-refractivity contribution in [3.63, 3.8) is 0 Å². The Morgan fingerprint density at radius 3 is 2.38 bits per heavy atom. The van der Waals surface area contributed by atoms with Crippen molar-refractivity contribution in [3.8, 4) is 0 Å². The van der Waals surface area contributed by atoms with E-state index in [4.69, 9.17) is 0 Å². The first-order chi connectivity index (χ1) is 7.57. The molecule has 0 aromatic carbocycles. The highest BCUT2D eigenvalue weighted by Gasteiger charge is 2.31. The van der Waals surface area contributed by atoms with Gasteiger partial charge in [-0.1, -0.05) is 20.8 Å². The molecule has 0 spiro atoms. The Kier molecular flexibility index (Phi) is 6.97. The highest BCUT2D eigenvalue weighted by molar-refractivity contribution is 5.82. The fraction of sp³-hybridized carbons (Fsp3) is 0.833. The molecule has 0 aromatic heterocycles. The summed E-state index contributed by atoms with van der Waals surface area (Å²) in [5.74, 6) is 0.501. The lowest BCUT2D eigenvalue weighted by atomic mass is 9.96. The largest absolute Gasteiger partial charge is 0.333 e. The maximum atomic E-state index is 11.9. The molecule has 94 valence electrons. The van der Waals surface area contributed by atoms with Crippen LogP contribution in [-0.2, 0) is 9.59 Å². The second-order valence-corrected chi connectivity index (χ2v) is 4.41. The Balaban J connectivity index is 0.00000106. The lowest BCUT2D eigenvalue weighted by molar-refractivity contribution is -0.139. The van der Waals surface area contributed by atoms with E-state index in [1.54, 1.807) is 4.90 Å². The highest BCUT2D eigenvalue weighted by atomic mass is 16.2. The van der Waals surface area contributed by atoms with Crippen LogP contribution in [0.4, 0.5) is 0 Å². The molecule has 1 rings (SSSR count). The topological polar surface area (TPSA) is 63.4 Å². The first kappa shape index (κ1) is 15.1. The number of carbonyl (C=O) groups is 2. The van der Waals surface area contributed by atoms with E-state index >= 15 is 0 Å². The molecule has 2 unspecified atom stereocenters. The Hall–Kier alpha value is -0.900. The smallest absolute Gasteiger partial charge is 0.226 e. The summed E-state index contributed by atoms with van der Waals surface area (Å²) in [4.78, 5) is 24.4. The monoisotopic (exact) mass is 228 g/mol. The zero-order valence-corrected chi connectivity index (χ0v) is 10.8. The van der Waals surface area contributed by atoms with Gasteiger partial charge in [0.15, 0.2) is 0 Å². The molecule has 1 aliphatic heterocycles. The van der Waals surface area contributed by atoms with E-state index in [0.29, 0.717) is 5.92 Å². The minimum absolute atomic E-state index is 0.0237. The van der Waals surface area contributed by atoms with Gasteiger partial charge in [0.05, 0.1) is 6.04 Å². The Morgan fingerprint density at radius 2 is 1.94 bits per heavy atom. The number of hydrogen-bond acceptors (Lipinski definition) is 3. The third kappa shape index (κ3) is 3.59.